The maximum atomic E-state index is 13.6. The van der Waals surface area contributed by atoms with E-state index in [1.165, 1.54) is 17.0 Å². The lowest BCUT2D eigenvalue weighted by molar-refractivity contribution is 0.0693. The predicted octanol–water partition coefficient (Wildman–Crippen LogP) is -0.507. The Morgan fingerprint density at radius 3 is 2.35 bits per heavy atom. The van der Waals surface area contributed by atoms with Gasteiger partial charge in [0.15, 0.2) is 0 Å². The summed E-state index contributed by atoms with van der Waals surface area (Å²) in [6, 6.07) is 3.27. The minimum Gasteiger partial charge on any atom is -0.508 e. The normalized spacial score (nSPS) is 17.2. The van der Waals surface area contributed by atoms with Crippen molar-refractivity contribution in [2.75, 3.05) is 26.2 Å². The van der Waals surface area contributed by atoms with Crippen LogP contribution >= 0.6 is 0 Å². The summed E-state index contributed by atoms with van der Waals surface area (Å²) >= 11 is 0. The molecule has 1 aliphatic heterocycles. The fourth-order valence-corrected chi connectivity index (χ4v) is 2.67. The van der Waals surface area contributed by atoms with E-state index in [-0.39, 0.29) is 37.5 Å². The van der Waals surface area contributed by atoms with Crippen LogP contribution in [0.3, 0.4) is 0 Å². The Bertz CT molecular complexity index is 627. The van der Waals surface area contributed by atoms with Gasteiger partial charge >= 0.3 is 0 Å². The summed E-state index contributed by atoms with van der Waals surface area (Å²) in [6.07, 6.45) is 0. The minimum atomic E-state index is -3.77. The van der Waals surface area contributed by atoms with Gasteiger partial charge in [-0.15, -0.1) is 0 Å². The number of halogens is 1. The number of benzene rings is 1. The molecule has 20 heavy (non-hydrogen) atoms. The van der Waals surface area contributed by atoms with E-state index in [4.69, 9.17) is 10.2 Å². The number of nitrogens with zero attached hydrogens (tertiary/aromatic N) is 2. The van der Waals surface area contributed by atoms with Crippen molar-refractivity contribution < 1.29 is 22.7 Å². The SMILES string of the molecule is NS(=O)(=O)N1CCN(C(=O)c2ccc(O)cc2F)CC1. The van der Waals surface area contributed by atoms with Crippen LogP contribution in [0.25, 0.3) is 0 Å². The molecule has 1 saturated heterocycles. The number of piperazine rings is 1. The number of rotatable bonds is 2. The Morgan fingerprint density at radius 1 is 1.25 bits per heavy atom. The molecule has 0 radical (unpaired) electrons. The molecule has 1 aromatic rings. The van der Waals surface area contributed by atoms with Crippen LogP contribution in [-0.2, 0) is 10.2 Å². The number of phenols is 1. The van der Waals surface area contributed by atoms with E-state index < -0.39 is 21.9 Å². The highest BCUT2D eigenvalue weighted by Gasteiger charge is 2.28. The van der Waals surface area contributed by atoms with Crippen molar-refractivity contribution in [3.05, 3.63) is 29.6 Å². The molecule has 1 heterocycles. The van der Waals surface area contributed by atoms with Gasteiger partial charge in [-0.2, -0.15) is 12.7 Å². The summed E-state index contributed by atoms with van der Waals surface area (Å²) in [5, 5.41) is 14.1. The van der Waals surface area contributed by atoms with E-state index >= 15 is 0 Å². The zero-order chi connectivity index (χ0) is 14.9. The third-order valence-corrected chi connectivity index (χ3v) is 4.15. The monoisotopic (exact) mass is 303 g/mol. The number of nitrogens with two attached hydrogens (primary N) is 1. The number of hydrogen-bond acceptors (Lipinski definition) is 4. The Morgan fingerprint density at radius 2 is 1.85 bits per heavy atom. The van der Waals surface area contributed by atoms with Crippen LogP contribution in [0.4, 0.5) is 4.39 Å². The van der Waals surface area contributed by atoms with Crippen molar-refractivity contribution in [1.82, 2.24) is 9.21 Å². The van der Waals surface area contributed by atoms with Crippen molar-refractivity contribution in [3.63, 3.8) is 0 Å². The van der Waals surface area contributed by atoms with Gasteiger partial charge in [0.25, 0.3) is 16.1 Å². The van der Waals surface area contributed by atoms with Gasteiger partial charge in [0.1, 0.15) is 11.6 Å². The van der Waals surface area contributed by atoms with Gasteiger partial charge in [0.2, 0.25) is 0 Å². The summed E-state index contributed by atoms with van der Waals surface area (Å²) in [4.78, 5) is 13.4. The highest BCUT2D eigenvalue weighted by Crippen LogP contribution is 2.17. The van der Waals surface area contributed by atoms with E-state index in [2.05, 4.69) is 0 Å². The molecule has 3 N–H and O–H groups in total. The maximum absolute atomic E-state index is 13.6. The second-order valence-electron chi connectivity index (χ2n) is 4.40. The molecule has 2 rings (SSSR count). The smallest absolute Gasteiger partial charge is 0.277 e. The first kappa shape index (κ1) is 14.7. The third-order valence-electron chi connectivity index (χ3n) is 3.07. The van der Waals surface area contributed by atoms with Crippen molar-refractivity contribution in [1.29, 1.82) is 0 Å². The first-order chi connectivity index (χ1) is 9.29. The lowest BCUT2D eigenvalue weighted by atomic mass is 10.1. The lowest BCUT2D eigenvalue weighted by Crippen LogP contribution is -2.52. The van der Waals surface area contributed by atoms with Crippen LogP contribution < -0.4 is 5.14 Å². The van der Waals surface area contributed by atoms with E-state index in [1.54, 1.807) is 0 Å². The van der Waals surface area contributed by atoms with Crippen molar-refractivity contribution >= 4 is 16.1 Å². The number of hydrogen-bond donors (Lipinski definition) is 2. The predicted molar refractivity (Wildman–Crippen MR) is 68.6 cm³/mol. The van der Waals surface area contributed by atoms with E-state index in [0.717, 1.165) is 10.4 Å². The molecule has 9 heteroatoms. The average molecular weight is 303 g/mol. The maximum Gasteiger partial charge on any atom is 0.277 e. The minimum absolute atomic E-state index is 0.0737. The first-order valence-electron chi connectivity index (χ1n) is 5.84. The van der Waals surface area contributed by atoms with Crippen LogP contribution in [0.15, 0.2) is 18.2 Å². The third kappa shape index (κ3) is 3.06. The molecule has 1 fully saturated rings. The fraction of sp³-hybridized carbons (Fsp3) is 0.364. The molecular formula is C11H14FN3O4S. The molecule has 0 aromatic heterocycles. The Hall–Kier alpha value is -1.71. The van der Waals surface area contributed by atoms with Gasteiger partial charge in [-0.3, -0.25) is 4.79 Å². The largest absolute Gasteiger partial charge is 0.508 e. The van der Waals surface area contributed by atoms with Crippen molar-refractivity contribution in [2.24, 2.45) is 5.14 Å². The highest BCUT2D eigenvalue weighted by atomic mass is 32.2. The molecule has 1 aliphatic rings. The Balaban J connectivity index is 2.09. The summed E-state index contributed by atoms with van der Waals surface area (Å²) in [6.45, 7) is 0.416. The van der Waals surface area contributed by atoms with Gasteiger partial charge in [-0.1, -0.05) is 0 Å². The van der Waals surface area contributed by atoms with Gasteiger partial charge < -0.3 is 10.0 Å². The van der Waals surface area contributed by atoms with E-state index in [9.17, 15) is 17.6 Å². The summed E-state index contributed by atoms with van der Waals surface area (Å²) in [5.74, 6) is -1.63. The van der Waals surface area contributed by atoms with E-state index in [1.807, 2.05) is 0 Å². The summed E-state index contributed by atoms with van der Waals surface area (Å²) < 4.78 is 36.9. The molecule has 0 atom stereocenters. The Labute approximate surface area is 115 Å². The number of amides is 1. The van der Waals surface area contributed by atoms with Crippen LogP contribution in [0, 0.1) is 5.82 Å². The number of carbonyl (C=O) groups is 1. The molecule has 110 valence electrons. The van der Waals surface area contributed by atoms with Crippen LogP contribution in [0.5, 0.6) is 5.75 Å². The van der Waals surface area contributed by atoms with E-state index in [0.29, 0.717) is 0 Å². The number of phenolic OH excluding ortho intramolecular Hbond substituents is 1. The van der Waals surface area contributed by atoms with Crippen molar-refractivity contribution in [3.8, 4) is 5.75 Å². The second-order valence-corrected chi connectivity index (χ2v) is 5.95. The van der Waals surface area contributed by atoms with Gasteiger partial charge in [-0.25, -0.2) is 9.53 Å². The van der Waals surface area contributed by atoms with Gasteiger partial charge in [0, 0.05) is 32.2 Å². The van der Waals surface area contributed by atoms with Crippen LogP contribution in [-0.4, -0.2) is 54.8 Å². The molecular weight excluding hydrogens is 289 g/mol. The molecule has 0 saturated carbocycles. The average Bonchev–Trinajstić information content (AvgIpc) is 2.37. The molecule has 0 unspecified atom stereocenters. The summed E-state index contributed by atoms with van der Waals surface area (Å²) in [7, 11) is -3.77. The first-order valence-corrected chi connectivity index (χ1v) is 7.35. The molecule has 1 aromatic carbocycles. The zero-order valence-corrected chi connectivity index (χ0v) is 11.3. The Kier molecular flexibility index (Phi) is 3.93. The van der Waals surface area contributed by atoms with Crippen LogP contribution in [0.1, 0.15) is 10.4 Å². The standard InChI is InChI=1S/C11H14FN3O4S/c12-10-7-8(16)1-2-9(10)11(17)14-3-5-15(6-4-14)20(13,18)19/h1-2,7,16H,3-6H2,(H2,13,18,19). The molecule has 1 amide bonds. The van der Waals surface area contributed by atoms with Gasteiger partial charge in [-0.05, 0) is 12.1 Å². The molecule has 0 bridgehead atoms. The summed E-state index contributed by atoms with van der Waals surface area (Å²) in [5.41, 5.74) is -0.160. The topological polar surface area (TPSA) is 104 Å². The molecule has 7 nitrogen and oxygen atoms in total. The second kappa shape index (κ2) is 5.35. The molecule has 0 aliphatic carbocycles. The fourth-order valence-electron chi connectivity index (χ4n) is 1.99. The number of carbonyl (C=O) groups excluding carboxylic acids is 1. The van der Waals surface area contributed by atoms with Crippen LogP contribution in [0.2, 0.25) is 0 Å². The van der Waals surface area contributed by atoms with Crippen molar-refractivity contribution in [2.45, 2.75) is 0 Å². The number of aromatic hydroxyl groups is 1. The lowest BCUT2D eigenvalue weighted by Gasteiger charge is -2.33. The highest BCUT2D eigenvalue weighted by molar-refractivity contribution is 7.86. The quantitative estimate of drug-likeness (QED) is 0.768. The zero-order valence-electron chi connectivity index (χ0n) is 10.5. The molecule has 0 spiro atoms. The van der Waals surface area contributed by atoms with Gasteiger partial charge in [0.05, 0.1) is 5.56 Å².